The topological polar surface area (TPSA) is 36.9 Å². The van der Waals surface area contributed by atoms with E-state index in [4.69, 9.17) is 18.9 Å². The molecule has 4 rings (SSSR count). The quantitative estimate of drug-likeness (QED) is 0.703. The lowest BCUT2D eigenvalue weighted by atomic mass is 10.1. The second kappa shape index (κ2) is 3.68. The Morgan fingerprint density at radius 1 is 0.722 bits per heavy atom. The second-order valence-corrected chi connectivity index (χ2v) is 5.64. The van der Waals surface area contributed by atoms with Crippen molar-refractivity contribution in [3.05, 3.63) is 21.1 Å². The first kappa shape index (κ1) is 10.8. The third-order valence-electron chi connectivity index (χ3n) is 2.98. The molecule has 0 fully saturated rings. The SMILES string of the molecule is Brc1cc2c3c(c(Br)cc4c3c1OCO4)OCO2. The molecule has 0 unspecified atom stereocenters. The van der Waals surface area contributed by atoms with Gasteiger partial charge in [0.15, 0.2) is 0 Å². The molecule has 6 heteroatoms. The zero-order valence-corrected chi connectivity index (χ0v) is 12.1. The Kier molecular flexibility index (Phi) is 2.20. The van der Waals surface area contributed by atoms with E-state index in [2.05, 4.69) is 31.9 Å². The van der Waals surface area contributed by atoms with Crippen molar-refractivity contribution in [3.63, 3.8) is 0 Å². The highest BCUT2D eigenvalue weighted by Crippen LogP contribution is 2.53. The summed E-state index contributed by atoms with van der Waals surface area (Å²) in [6.07, 6.45) is 0. The summed E-state index contributed by atoms with van der Waals surface area (Å²) in [6.45, 7) is 0.404. The Labute approximate surface area is 119 Å². The van der Waals surface area contributed by atoms with Crippen LogP contribution in [0.15, 0.2) is 21.1 Å². The molecule has 0 bridgehead atoms. The van der Waals surface area contributed by atoms with Crippen molar-refractivity contribution in [2.45, 2.75) is 0 Å². The molecule has 0 aromatic heterocycles. The average Bonchev–Trinajstić information content (AvgIpc) is 2.38. The number of hydrogen-bond acceptors (Lipinski definition) is 4. The monoisotopic (exact) mass is 372 g/mol. The van der Waals surface area contributed by atoms with Crippen molar-refractivity contribution in [1.82, 2.24) is 0 Å². The zero-order chi connectivity index (χ0) is 12.3. The van der Waals surface area contributed by atoms with Crippen LogP contribution in [0.3, 0.4) is 0 Å². The molecule has 0 spiro atoms. The van der Waals surface area contributed by atoms with Gasteiger partial charge in [-0.3, -0.25) is 0 Å². The van der Waals surface area contributed by atoms with Crippen LogP contribution in [0.2, 0.25) is 0 Å². The van der Waals surface area contributed by atoms with Gasteiger partial charge in [-0.2, -0.15) is 0 Å². The summed E-state index contributed by atoms with van der Waals surface area (Å²) in [7, 11) is 0. The summed E-state index contributed by atoms with van der Waals surface area (Å²) in [5.41, 5.74) is 0. The number of benzene rings is 2. The molecule has 0 aliphatic carbocycles. The van der Waals surface area contributed by atoms with E-state index in [0.717, 1.165) is 42.7 Å². The number of hydrogen-bond donors (Lipinski definition) is 0. The first-order valence-electron chi connectivity index (χ1n) is 5.25. The molecule has 0 atom stereocenters. The Balaban J connectivity index is 2.25. The highest BCUT2D eigenvalue weighted by Gasteiger charge is 2.27. The molecule has 18 heavy (non-hydrogen) atoms. The van der Waals surface area contributed by atoms with Gasteiger partial charge in [0, 0.05) is 0 Å². The minimum Gasteiger partial charge on any atom is -0.457 e. The Morgan fingerprint density at radius 3 is 1.61 bits per heavy atom. The Bertz CT molecular complexity index is 625. The summed E-state index contributed by atoms with van der Waals surface area (Å²) in [4.78, 5) is 0. The smallest absolute Gasteiger partial charge is 0.231 e. The highest BCUT2D eigenvalue weighted by atomic mass is 79.9. The second-order valence-electron chi connectivity index (χ2n) is 3.93. The summed E-state index contributed by atoms with van der Waals surface area (Å²) >= 11 is 6.98. The standard InChI is InChI=1S/C12H6Br2O4/c13-5-1-7-9-10-8(16-4-17-11(5)10)2-6(14)12(9)18-3-15-7/h1-2H,3-4H2. The molecule has 92 valence electrons. The molecule has 0 radical (unpaired) electrons. The largest absolute Gasteiger partial charge is 0.457 e. The van der Waals surface area contributed by atoms with E-state index in [0.29, 0.717) is 0 Å². The van der Waals surface area contributed by atoms with Crippen LogP contribution in [0.25, 0.3) is 10.8 Å². The molecule has 4 nitrogen and oxygen atoms in total. The Hall–Kier alpha value is -1.14. The van der Waals surface area contributed by atoms with Crippen molar-refractivity contribution in [2.24, 2.45) is 0 Å². The van der Waals surface area contributed by atoms with Crippen LogP contribution in [0, 0.1) is 0 Å². The minimum absolute atomic E-state index is 0.202. The van der Waals surface area contributed by atoms with Crippen LogP contribution in [0.1, 0.15) is 0 Å². The average molecular weight is 374 g/mol. The molecule has 2 heterocycles. The van der Waals surface area contributed by atoms with Gasteiger partial charge < -0.3 is 18.9 Å². The van der Waals surface area contributed by atoms with Crippen LogP contribution in [-0.4, -0.2) is 13.6 Å². The highest BCUT2D eigenvalue weighted by molar-refractivity contribution is 9.11. The van der Waals surface area contributed by atoms with E-state index >= 15 is 0 Å². The van der Waals surface area contributed by atoms with Crippen LogP contribution in [0.4, 0.5) is 0 Å². The first-order valence-corrected chi connectivity index (χ1v) is 6.84. The van der Waals surface area contributed by atoms with Gasteiger partial charge in [-0.1, -0.05) is 0 Å². The molecule has 0 saturated carbocycles. The maximum atomic E-state index is 5.55. The lowest BCUT2D eigenvalue weighted by molar-refractivity contribution is 0.103. The molecule has 2 aromatic rings. The van der Waals surface area contributed by atoms with Gasteiger partial charge in [0.1, 0.15) is 23.0 Å². The molecule has 2 aromatic carbocycles. The summed E-state index contributed by atoms with van der Waals surface area (Å²) in [5.74, 6) is 3.05. The Morgan fingerprint density at radius 2 is 1.17 bits per heavy atom. The molecular formula is C12H6Br2O4. The molecule has 2 aliphatic rings. The van der Waals surface area contributed by atoms with E-state index in [9.17, 15) is 0 Å². The van der Waals surface area contributed by atoms with Crippen LogP contribution >= 0.6 is 31.9 Å². The van der Waals surface area contributed by atoms with Crippen molar-refractivity contribution < 1.29 is 18.9 Å². The van der Waals surface area contributed by atoms with Gasteiger partial charge in [0.05, 0.1) is 19.7 Å². The fraction of sp³-hybridized carbons (Fsp3) is 0.167. The summed E-state index contributed by atoms with van der Waals surface area (Å²) in [6, 6.07) is 3.79. The zero-order valence-electron chi connectivity index (χ0n) is 8.96. The summed E-state index contributed by atoms with van der Waals surface area (Å²) in [5, 5.41) is 1.76. The van der Waals surface area contributed by atoms with E-state index in [1.54, 1.807) is 0 Å². The maximum Gasteiger partial charge on any atom is 0.231 e. The van der Waals surface area contributed by atoms with Gasteiger partial charge in [-0.25, -0.2) is 0 Å². The fourth-order valence-electron chi connectivity index (χ4n) is 2.26. The van der Waals surface area contributed by atoms with Gasteiger partial charge >= 0.3 is 0 Å². The van der Waals surface area contributed by atoms with E-state index in [-0.39, 0.29) is 13.6 Å². The van der Waals surface area contributed by atoms with E-state index < -0.39 is 0 Å². The predicted octanol–water partition coefficient (Wildman–Crippen LogP) is 3.82. The van der Waals surface area contributed by atoms with Gasteiger partial charge in [-0.05, 0) is 44.0 Å². The van der Waals surface area contributed by atoms with Gasteiger partial charge in [0.25, 0.3) is 0 Å². The predicted molar refractivity (Wildman–Crippen MR) is 71.6 cm³/mol. The van der Waals surface area contributed by atoms with E-state index in [1.807, 2.05) is 12.1 Å². The molecule has 2 aliphatic heterocycles. The fourth-order valence-corrected chi connectivity index (χ4v) is 3.30. The van der Waals surface area contributed by atoms with Gasteiger partial charge in [0.2, 0.25) is 13.6 Å². The maximum absolute atomic E-state index is 5.55. The first-order chi connectivity index (χ1) is 8.75. The van der Waals surface area contributed by atoms with Crippen LogP contribution in [-0.2, 0) is 0 Å². The number of rotatable bonds is 0. The molecule has 0 amide bonds. The molecular weight excluding hydrogens is 368 g/mol. The number of halogens is 2. The van der Waals surface area contributed by atoms with Crippen molar-refractivity contribution in [2.75, 3.05) is 13.6 Å². The third-order valence-corrected chi connectivity index (χ3v) is 4.16. The molecule has 0 saturated heterocycles. The van der Waals surface area contributed by atoms with Crippen molar-refractivity contribution in [1.29, 1.82) is 0 Å². The lowest BCUT2D eigenvalue weighted by Gasteiger charge is -2.26. The van der Waals surface area contributed by atoms with Crippen molar-refractivity contribution >= 4 is 42.6 Å². The van der Waals surface area contributed by atoms with Crippen LogP contribution < -0.4 is 18.9 Å². The number of ether oxygens (including phenoxy) is 4. The lowest BCUT2D eigenvalue weighted by Crippen LogP contribution is -2.16. The third kappa shape index (κ3) is 1.30. The van der Waals surface area contributed by atoms with Crippen LogP contribution in [0.5, 0.6) is 23.0 Å². The van der Waals surface area contributed by atoms with Crippen molar-refractivity contribution in [3.8, 4) is 23.0 Å². The normalized spacial score (nSPS) is 15.4. The molecule has 0 N–H and O–H groups in total. The van der Waals surface area contributed by atoms with E-state index in [1.165, 1.54) is 0 Å². The van der Waals surface area contributed by atoms with Gasteiger partial charge in [-0.15, -0.1) is 0 Å². The summed E-state index contributed by atoms with van der Waals surface area (Å²) < 4.78 is 23.9. The minimum atomic E-state index is 0.202.